The Balaban J connectivity index is 2.34. The molecule has 4 heteroatoms. The maximum absolute atomic E-state index is 12.6. The van der Waals surface area contributed by atoms with Crippen molar-refractivity contribution in [1.29, 1.82) is 0 Å². The summed E-state index contributed by atoms with van der Waals surface area (Å²) in [7, 11) is 0. The van der Waals surface area contributed by atoms with Crippen LogP contribution < -0.4 is 0 Å². The minimum absolute atomic E-state index is 0.0891. The van der Waals surface area contributed by atoms with Crippen molar-refractivity contribution in [2.24, 2.45) is 0 Å². The second-order valence-electron chi connectivity index (χ2n) is 2.89. The lowest BCUT2D eigenvalue weighted by atomic mass is 10.3. The minimum atomic E-state index is -0.275. The van der Waals surface area contributed by atoms with Crippen LogP contribution in [0.4, 0.5) is 4.39 Å². The highest BCUT2D eigenvalue weighted by molar-refractivity contribution is 5.30. The second-order valence-corrected chi connectivity index (χ2v) is 2.89. The fourth-order valence-electron chi connectivity index (χ4n) is 1.18. The quantitative estimate of drug-likeness (QED) is 0.783. The van der Waals surface area contributed by atoms with E-state index in [1.807, 2.05) is 0 Å². The molecule has 1 aromatic carbocycles. The predicted molar refractivity (Wildman–Crippen MR) is 49.4 cm³/mol. The van der Waals surface area contributed by atoms with Crippen molar-refractivity contribution in [3.8, 4) is 5.69 Å². The fraction of sp³-hybridized carbons (Fsp3) is 0.100. The summed E-state index contributed by atoms with van der Waals surface area (Å²) in [5.41, 5.74) is 1.36. The summed E-state index contributed by atoms with van der Waals surface area (Å²) < 4.78 is 14.2. The highest BCUT2D eigenvalue weighted by atomic mass is 19.1. The highest BCUT2D eigenvalue weighted by Crippen LogP contribution is 2.08. The van der Waals surface area contributed by atoms with Crippen LogP contribution >= 0.6 is 0 Å². The minimum Gasteiger partial charge on any atom is -0.390 e. The van der Waals surface area contributed by atoms with Gasteiger partial charge in [-0.05, 0) is 30.3 Å². The summed E-state index contributed by atoms with van der Waals surface area (Å²) in [6.07, 6.45) is 1.72. The molecule has 0 spiro atoms. The maximum Gasteiger partial charge on any atom is 0.123 e. The first-order valence-corrected chi connectivity index (χ1v) is 4.21. The van der Waals surface area contributed by atoms with Gasteiger partial charge < -0.3 is 5.11 Å². The van der Waals surface area contributed by atoms with E-state index in [1.54, 1.807) is 29.1 Å². The fourth-order valence-corrected chi connectivity index (χ4v) is 1.18. The van der Waals surface area contributed by atoms with E-state index in [1.165, 1.54) is 12.1 Å². The molecule has 1 heterocycles. The Kier molecular flexibility index (Phi) is 2.28. The normalized spacial score (nSPS) is 10.4. The topological polar surface area (TPSA) is 38.0 Å². The van der Waals surface area contributed by atoms with Gasteiger partial charge in [0.05, 0.1) is 18.0 Å². The SMILES string of the molecule is OCc1ccn(-c2ccc(F)cc2)n1. The molecule has 0 aliphatic carbocycles. The lowest BCUT2D eigenvalue weighted by Crippen LogP contribution is -1.95. The Morgan fingerprint density at radius 2 is 1.93 bits per heavy atom. The molecule has 0 radical (unpaired) electrons. The van der Waals surface area contributed by atoms with E-state index < -0.39 is 0 Å². The lowest BCUT2D eigenvalue weighted by Gasteiger charge is -1.99. The van der Waals surface area contributed by atoms with Crippen molar-refractivity contribution < 1.29 is 9.50 Å². The summed E-state index contributed by atoms with van der Waals surface area (Å²) in [4.78, 5) is 0. The molecule has 0 saturated carbocycles. The number of aliphatic hydroxyl groups excluding tert-OH is 1. The van der Waals surface area contributed by atoms with Crippen LogP contribution in [0.3, 0.4) is 0 Å². The molecule has 1 aromatic heterocycles. The van der Waals surface area contributed by atoms with Gasteiger partial charge in [0.2, 0.25) is 0 Å². The van der Waals surface area contributed by atoms with E-state index >= 15 is 0 Å². The molecule has 0 aliphatic rings. The summed E-state index contributed by atoms with van der Waals surface area (Å²) in [5, 5.41) is 12.9. The van der Waals surface area contributed by atoms with E-state index in [0.29, 0.717) is 5.69 Å². The van der Waals surface area contributed by atoms with E-state index in [9.17, 15) is 4.39 Å². The summed E-state index contributed by atoms with van der Waals surface area (Å²) in [6.45, 7) is -0.0891. The van der Waals surface area contributed by atoms with Crippen LogP contribution in [-0.4, -0.2) is 14.9 Å². The van der Waals surface area contributed by atoms with E-state index in [-0.39, 0.29) is 12.4 Å². The monoisotopic (exact) mass is 192 g/mol. The first kappa shape index (κ1) is 8.90. The van der Waals surface area contributed by atoms with Crippen molar-refractivity contribution in [3.05, 3.63) is 48.0 Å². The molecule has 0 fully saturated rings. The summed E-state index contributed by atoms with van der Waals surface area (Å²) >= 11 is 0. The Bertz CT molecular complexity index is 422. The standard InChI is InChI=1S/C10H9FN2O/c11-8-1-3-10(4-2-8)13-6-5-9(7-14)12-13/h1-6,14H,7H2. The van der Waals surface area contributed by atoms with Crippen LogP contribution in [0.15, 0.2) is 36.5 Å². The molecule has 72 valence electrons. The molecular formula is C10H9FN2O. The van der Waals surface area contributed by atoms with Gasteiger partial charge in [-0.1, -0.05) is 0 Å². The summed E-state index contributed by atoms with van der Waals surface area (Å²) in [6, 6.07) is 7.71. The third-order valence-electron chi connectivity index (χ3n) is 1.90. The molecule has 0 bridgehead atoms. The molecule has 0 saturated heterocycles. The van der Waals surface area contributed by atoms with E-state index in [2.05, 4.69) is 5.10 Å². The Morgan fingerprint density at radius 1 is 1.21 bits per heavy atom. The molecule has 0 atom stereocenters. The molecule has 2 aromatic rings. The number of halogens is 1. The number of aliphatic hydroxyl groups is 1. The van der Waals surface area contributed by atoms with Crippen LogP contribution in [0.1, 0.15) is 5.69 Å². The lowest BCUT2D eigenvalue weighted by molar-refractivity contribution is 0.276. The first-order valence-electron chi connectivity index (χ1n) is 4.21. The van der Waals surface area contributed by atoms with Crippen LogP contribution in [-0.2, 0) is 6.61 Å². The van der Waals surface area contributed by atoms with Gasteiger partial charge in [-0.15, -0.1) is 0 Å². The van der Waals surface area contributed by atoms with Gasteiger partial charge in [-0.2, -0.15) is 5.10 Å². The van der Waals surface area contributed by atoms with E-state index in [4.69, 9.17) is 5.11 Å². The van der Waals surface area contributed by atoms with Gasteiger partial charge in [0.25, 0.3) is 0 Å². The van der Waals surface area contributed by atoms with Gasteiger partial charge in [-0.25, -0.2) is 9.07 Å². The van der Waals surface area contributed by atoms with Gasteiger partial charge in [-0.3, -0.25) is 0 Å². The van der Waals surface area contributed by atoms with Gasteiger partial charge in [0, 0.05) is 6.20 Å². The van der Waals surface area contributed by atoms with Crippen LogP contribution in [0.5, 0.6) is 0 Å². The van der Waals surface area contributed by atoms with Crippen LogP contribution in [0, 0.1) is 5.82 Å². The Hall–Kier alpha value is -1.68. The van der Waals surface area contributed by atoms with Crippen molar-refractivity contribution >= 4 is 0 Å². The van der Waals surface area contributed by atoms with E-state index in [0.717, 1.165) is 5.69 Å². The van der Waals surface area contributed by atoms with Gasteiger partial charge in [0.15, 0.2) is 0 Å². The second kappa shape index (κ2) is 3.59. The number of hydrogen-bond donors (Lipinski definition) is 1. The molecular weight excluding hydrogens is 183 g/mol. The van der Waals surface area contributed by atoms with Gasteiger partial charge in [0.1, 0.15) is 5.82 Å². The Morgan fingerprint density at radius 3 is 2.50 bits per heavy atom. The largest absolute Gasteiger partial charge is 0.390 e. The van der Waals surface area contributed by atoms with Crippen molar-refractivity contribution in [2.75, 3.05) is 0 Å². The highest BCUT2D eigenvalue weighted by Gasteiger charge is 1.99. The van der Waals surface area contributed by atoms with Crippen molar-refractivity contribution in [3.63, 3.8) is 0 Å². The molecule has 1 N–H and O–H groups in total. The third-order valence-corrected chi connectivity index (χ3v) is 1.90. The molecule has 14 heavy (non-hydrogen) atoms. The van der Waals surface area contributed by atoms with Crippen molar-refractivity contribution in [1.82, 2.24) is 9.78 Å². The van der Waals surface area contributed by atoms with Crippen LogP contribution in [0.2, 0.25) is 0 Å². The zero-order valence-corrected chi connectivity index (χ0v) is 7.39. The Labute approximate surface area is 80.4 Å². The number of aromatic nitrogens is 2. The number of hydrogen-bond acceptors (Lipinski definition) is 2. The third kappa shape index (κ3) is 1.65. The number of rotatable bonds is 2. The average molecular weight is 192 g/mol. The maximum atomic E-state index is 12.6. The van der Waals surface area contributed by atoms with Crippen molar-refractivity contribution in [2.45, 2.75) is 6.61 Å². The first-order chi connectivity index (χ1) is 6.79. The average Bonchev–Trinajstić information content (AvgIpc) is 2.67. The van der Waals surface area contributed by atoms with Crippen LogP contribution in [0.25, 0.3) is 5.69 Å². The number of nitrogens with zero attached hydrogens (tertiary/aromatic N) is 2. The smallest absolute Gasteiger partial charge is 0.123 e. The summed E-state index contributed by atoms with van der Waals surface area (Å²) in [5.74, 6) is -0.275. The van der Waals surface area contributed by atoms with Gasteiger partial charge >= 0.3 is 0 Å². The predicted octanol–water partition coefficient (Wildman–Crippen LogP) is 1.50. The molecule has 0 aliphatic heterocycles. The zero-order chi connectivity index (χ0) is 9.97. The number of benzene rings is 1. The molecule has 0 unspecified atom stereocenters. The molecule has 3 nitrogen and oxygen atoms in total. The molecule has 2 rings (SSSR count). The zero-order valence-electron chi connectivity index (χ0n) is 7.39. The molecule has 0 amide bonds.